The molecular weight excluding hydrogens is 363 g/mol. The summed E-state index contributed by atoms with van der Waals surface area (Å²) >= 11 is 0. The Labute approximate surface area is 163 Å². The Hall–Kier alpha value is -3.00. The fraction of sp³-hybridized carbons (Fsp3) is 0.350. The summed E-state index contributed by atoms with van der Waals surface area (Å²) in [5.74, 6) is -0.0650. The van der Waals surface area contributed by atoms with Crippen LogP contribution in [0.3, 0.4) is 0 Å². The van der Waals surface area contributed by atoms with Gasteiger partial charge in [0.15, 0.2) is 6.54 Å². The van der Waals surface area contributed by atoms with Crippen LogP contribution < -0.4 is 16.0 Å². The molecule has 8 heteroatoms. The molecule has 0 saturated carbocycles. The molecule has 0 heterocycles. The molecule has 0 unspecified atom stereocenters. The quantitative estimate of drug-likeness (QED) is 0.329. The number of nitro benzene ring substituents is 1. The molecule has 0 radical (unpaired) electrons. The van der Waals surface area contributed by atoms with Gasteiger partial charge in [0.1, 0.15) is 11.9 Å². The van der Waals surface area contributed by atoms with Crippen molar-refractivity contribution in [3.05, 3.63) is 70.0 Å². The summed E-state index contributed by atoms with van der Waals surface area (Å²) < 4.78 is 13.1. The van der Waals surface area contributed by atoms with Crippen LogP contribution in [0.4, 0.5) is 15.8 Å². The van der Waals surface area contributed by atoms with Gasteiger partial charge in [-0.15, -0.1) is 0 Å². The molecule has 1 amide bonds. The summed E-state index contributed by atoms with van der Waals surface area (Å²) in [5.41, 5.74) is 1.78. The Morgan fingerprint density at radius 3 is 2.32 bits per heavy atom. The number of halogens is 1. The summed E-state index contributed by atoms with van der Waals surface area (Å²) in [6, 6.07) is 12.6. The largest absolute Gasteiger partial charge is 0.383 e. The fourth-order valence-corrected chi connectivity index (χ4v) is 2.89. The highest BCUT2D eigenvalue weighted by atomic mass is 19.1. The minimum atomic E-state index is -0.448. The van der Waals surface area contributed by atoms with Gasteiger partial charge in [0, 0.05) is 42.4 Å². The van der Waals surface area contributed by atoms with Crippen LogP contribution in [0.2, 0.25) is 0 Å². The minimum absolute atomic E-state index is 0.0373. The van der Waals surface area contributed by atoms with Gasteiger partial charge in [-0.1, -0.05) is 26.0 Å². The van der Waals surface area contributed by atoms with Crippen molar-refractivity contribution in [3.8, 4) is 0 Å². The number of hydrogen-bond donors (Lipinski definition) is 3. The number of nitro groups is 1. The summed E-state index contributed by atoms with van der Waals surface area (Å²) in [7, 11) is 0. The number of rotatable bonds is 10. The predicted molar refractivity (Wildman–Crippen MR) is 105 cm³/mol. The summed E-state index contributed by atoms with van der Waals surface area (Å²) in [6.45, 7) is 5.35. The van der Waals surface area contributed by atoms with E-state index in [2.05, 4.69) is 24.5 Å². The van der Waals surface area contributed by atoms with E-state index in [0.29, 0.717) is 19.0 Å². The number of anilines is 1. The first-order valence-corrected chi connectivity index (χ1v) is 9.20. The molecule has 0 aliphatic carbocycles. The molecule has 2 rings (SSSR count). The van der Waals surface area contributed by atoms with E-state index >= 15 is 0 Å². The maximum absolute atomic E-state index is 13.1. The third-order valence-corrected chi connectivity index (χ3v) is 4.38. The van der Waals surface area contributed by atoms with Gasteiger partial charge in [-0.25, -0.2) is 4.39 Å². The molecule has 0 aliphatic heterocycles. The Balaban J connectivity index is 1.72. The maximum Gasteiger partial charge on any atom is 0.275 e. The number of nitrogens with two attached hydrogens (primary N) is 1. The van der Waals surface area contributed by atoms with E-state index in [-0.39, 0.29) is 30.0 Å². The molecule has 150 valence electrons. The van der Waals surface area contributed by atoms with Crippen molar-refractivity contribution in [2.75, 3.05) is 25.0 Å². The highest BCUT2D eigenvalue weighted by Gasteiger charge is 2.20. The van der Waals surface area contributed by atoms with Crippen LogP contribution in [-0.2, 0) is 4.79 Å². The van der Waals surface area contributed by atoms with E-state index in [1.54, 1.807) is 24.3 Å². The number of quaternary nitrogens is 1. The van der Waals surface area contributed by atoms with Crippen molar-refractivity contribution in [1.29, 1.82) is 0 Å². The van der Waals surface area contributed by atoms with Crippen molar-refractivity contribution in [2.45, 2.75) is 19.9 Å². The normalized spacial score (nSPS) is 11.9. The number of nitrogens with one attached hydrogen (secondary N) is 2. The molecule has 1 atom stereocenters. The zero-order valence-electron chi connectivity index (χ0n) is 16.0. The van der Waals surface area contributed by atoms with Crippen molar-refractivity contribution in [2.24, 2.45) is 5.92 Å². The zero-order chi connectivity index (χ0) is 20.5. The van der Waals surface area contributed by atoms with Crippen LogP contribution in [0.15, 0.2) is 48.5 Å². The van der Waals surface area contributed by atoms with Gasteiger partial charge in [-0.05, 0) is 24.3 Å². The van der Waals surface area contributed by atoms with Crippen LogP contribution in [-0.4, -0.2) is 30.5 Å². The lowest BCUT2D eigenvalue weighted by Gasteiger charge is -2.19. The van der Waals surface area contributed by atoms with E-state index in [1.165, 1.54) is 24.3 Å². The lowest BCUT2D eigenvalue weighted by Crippen LogP contribution is -2.88. The number of carbonyl (C=O) groups is 1. The topological polar surface area (TPSA) is 101 Å². The third kappa shape index (κ3) is 6.62. The van der Waals surface area contributed by atoms with Gasteiger partial charge in [-0.3, -0.25) is 14.9 Å². The second-order valence-electron chi connectivity index (χ2n) is 6.84. The first kappa shape index (κ1) is 21.3. The van der Waals surface area contributed by atoms with E-state index in [9.17, 15) is 19.3 Å². The highest BCUT2D eigenvalue weighted by molar-refractivity contribution is 5.76. The molecule has 7 nitrogen and oxygen atoms in total. The number of hydrogen-bond acceptors (Lipinski definition) is 4. The van der Waals surface area contributed by atoms with Crippen LogP contribution in [0.1, 0.15) is 25.5 Å². The number of non-ortho nitro benzene ring substituents is 1. The Morgan fingerprint density at radius 2 is 1.75 bits per heavy atom. The maximum atomic E-state index is 13.1. The zero-order valence-corrected chi connectivity index (χ0v) is 16.0. The van der Waals surface area contributed by atoms with Gasteiger partial charge in [0.2, 0.25) is 0 Å². The highest BCUT2D eigenvalue weighted by Crippen LogP contribution is 2.17. The second-order valence-corrected chi connectivity index (χ2v) is 6.84. The SMILES string of the molecule is CC(C)[C@@H]([NH2+]CC(=O)NCCNc1ccc([N+](=O)[O-])cc1)c1ccc(F)cc1. The van der Waals surface area contributed by atoms with Crippen molar-refractivity contribution in [3.63, 3.8) is 0 Å². The van der Waals surface area contributed by atoms with Crippen molar-refractivity contribution in [1.82, 2.24) is 5.32 Å². The van der Waals surface area contributed by atoms with Crippen LogP contribution >= 0.6 is 0 Å². The number of nitrogens with zero attached hydrogens (tertiary/aromatic N) is 1. The van der Waals surface area contributed by atoms with E-state index in [0.717, 1.165) is 11.3 Å². The molecule has 0 fully saturated rings. The van der Waals surface area contributed by atoms with Gasteiger partial charge >= 0.3 is 0 Å². The Bertz CT molecular complexity index is 779. The van der Waals surface area contributed by atoms with Gasteiger partial charge in [0.05, 0.1) is 4.92 Å². The average molecular weight is 389 g/mol. The molecule has 28 heavy (non-hydrogen) atoms. The third-order valence-electron chi connectivity index (χ3n) is 4.38. The molecule has 0 saturated heterocycles. The summed E-state index contributed by atoms with van der Waals surface area (Å²) in [5, 5.41) is 18.5. The van der Waals surface area contributed by atoms with Gasteiger partial charge < -0.3 is 16.0 Å². The van der Waals surface area contributed by atoms with Gasteiger partial charge in [0.25, 0.3) is 11.6 Å². The smallest absolute Gasteiger partial charge is 0.275 e. The van der Waals surface area contributed by atoms with Gasteiger partial charge in [-0.2, -0.15) is 0 Å². The van der Waals surface area contributed by atoms with Crippen molar-refractivity contribution >= 4 is 17.3 Å². The van der Waals surface area contributed by atoms with E-state index < -0.39 is 4.92 Å². The molecule has 4 N–H and O–H groups in total. The molecule has 2 aromatic carbocycles. The number of carbonyl (C=O) groups excluding carboxylic acids is 1. The first-order valence-electron chi connectivity index (χ1n) is 9.20. The second kappa shape index (κ2) is 10.4. The van der Waals surface area contributed by atoms with Crippen LogP contribution in [0.25, 0.3) is 0 Å². The fourth-order valence-electron chi connectivity index (χ4n) is 2.89. The van der Waals surface area contributed by atoms with E-state index in [1.807, 2.05) is 5.32 Å². The molecule has 0 aliphatic rings. The van der Waals surface area contributed by atoms with Crippen LogP contribution in [0.5, 0.6) is 0 Å². The van der Waals surface area contributed by atoms with Crippen molar-refractivity contribution < 1.29 is 19.4 Å². The summed E-state index contributed by atoms with van der Waals surface area (Å²) in [4.78, 5) is 22.3. The number of amides is 1. The lowest BCUT2D eigenvalue weighted by molar-refractivity contribution is -0.692. The van der Waals surface area contributed by atoms with E-state index in [4.69, 9.17) is 0 Å². The predicted octanol–water partition coefficient (Wildman–Crippen LogP) is 2.22. The number of benzene rings is 2. The Morgan fingerprint density at radius 1 is 1.11 bits per heavy atom. The lowest BCUT2D eigenvalue weighted by atomic mass is 9.96. The summed E-state index contributed by atoms with van der Waals surface area (Å²) in [6.07, 6.45) is 0. The molecule has 0 bridgehead atoms. The monoisotopic (exact) mass is 389 g/mol. The molecule has 2 aromatic rings. The molecule has 0 spiro atoms. The average Bonchev–Trinajstić information content (AvgIpc) is 2.67. The first-order chi connectivity index (χ1) is 13.4. The minimum Gasteiger partial charge on any atom is -0.383 e. The molecule has 0 aromatic heterocycles. The molecular formula is C20H26FN4O3+. The Kier molecular flexibility index (Phi) is 7.88. The van der Waals surface area contributed by atoms with Crippen LogP contribution in [0, 0.1) is 21.8 Å². The standard InChI is InChI=1S/C20H25FN4O3/c1-14(2)20(15-3-5-16(21)6-4-15)24-13-19(26)23-12-11-22-17-7-9-18(10-8-17)25(27)28/h3-10,14,20,22,24H,11-13H2,1-2H3,(H,23,26)/p+1/t20-/m1/s1.